The van der Waals surface area contributed by atoms with Gasteiger partial charge in [-0.3, -0.25) is 0 Å². The summed E-state index contributed by atoms with van der Waals surface area (Å²) in [6.45, 7) is 1.55. The highest BCUT2D eigenvalue weighted by Gasteiger charge is 2.03. The average Bonchev–Trinajstić information content (AvgIpc) is 2.90. The zero-order valence-corrected chi connectivity index (χ0v) is 12.1. The van der Waals surface area contributed by atoms with Gasteiger partial charge in [0.25, 0.3) is 0 Å². The van der Waals surface area contributed by atoms with Gasteiger partial charge in [-0.05, 0) is 35.4 Å². The third kappa shape index (κ3) is 3.08. The van der Waals surface area contributed by atoms with Gasteiger partial charge in [0.2, 0.25) is 0 Å². The highest BCUT2D eigenvalue weighted by atomic mass is 35.5. The molecule has 0 aliphatic rings. The molecule has 0 aliphatic carbocycles. The van der Waals surface area contributed by atoms with E-state index in [1.165, 1.54) is 10.9 Å². The first-order valence-corrected chi connectivity index (χ1v) is 7.09. The van der Waals surface area contributed by atoms with Gasteiger partial charge < -0.3 is 10.3 Å². The van der Waals surface area contributed by atoms with Gasteiger partial charge in [0.1, 0.15) is 0 Å². The molecule has 3 nitrogen and oxygen atoms in total. The number of hydrogen-bond donors (Lipinski definition) is 2. The molecule has 0 saturated carbocycles. The van der Waals surface area contributed by atoms with Gasteiger partial charge >= 0.3 is 0 Å². The topological polar surface area (TPSA) is 51.6 Å². The maximum Gasteiger partial charge on any atom is 0.0991 e. The van der Waals surface area contributed by atoms with Crippen LogP contribution in [0.25, 0.3) is 10.9 Å². The molecule has 3 rings (SSSR count). The predicted molar refractivity (Wildman–Crippen MR) is 85.0 cm³/mol. The Morgan fingerprint density at radius 1 is 1.10 bits per heavy atom. The zero-order valence-electron chi connectivity index (χ0n) is 11.4. The lowest BCUT2D eigenvalue weighted by Gasteiger charge is -2.04. The Morgan fingerprint density at radius 3 is 2.67 bits per heavy atom. The fraction of sp³-hybridized carbons (Fsp3) is 0.118. The molecule has 104 valence electrons. The summed E-state index contributed by atoms with van der Waals surface area (Å²) in [7, 11) is 0. The molecule has 4 heteroatoms. The van der Waals surface area contributed by atoms with Gasteiger partial charge in [-0.15, -0.1) is 0 Å². The third-order valence-electron chi connectivity index (χ3n) is 3.46. The van der Waals surface area contributed by atoms with Crippen LogP contribution in [-0.4, -0.2) is 4.98 Å². The number of halogens is 1. The van der Waals surface area contributed by atoms with Gasteiger partial charge in [-0.25, -0.2) is 0 Å². The second-order valence-electron chi connectivity index (χ2n) is 4.92. The van der Waals surface area contributed by atoms with E-state index in [-0.39, 0.29) is 0 Å². The average molecular weight is 296 g/mol. The van der Waals surface area contributed by atoms with E-state index < -0.39 is 0 Å². The van der Waals surface area contributed by atoms with Crippen molar-refractivity contribution >= 4 is 22.5 Å². The summed E-state index contributed by atoms with van der Waals surface area (Å²) in [6.07, 6.45) is 2.01. The van der Waals surface area contributed by atoms with Crippen molar-refractivity contribution in [3.05, 3.63) is 70.4 Å². The summed E-state index contributed by atoms with van der Waals surface area (Å²) in [5.41, 5.74) is 4.12. The molecule has 0 fully saturated rings. The van der Waals surface area contributed by atoms with Crippen molar-refractivity contribution in [2.24, 2.45) is 0 Å². The fourth-order valence-electron chi connectivity index (χ4n) is 2.34. The second-order valence-corrected chi connectivity index (χ2v) is 5.35. The molecule has 0 amide bonds. The van der Waals surface area contributed by atoms with E-state index in [1.54, 1.807) is 0 Å². The lowest BCUT2D eigenvalue weighted by atomic mass is 10.1. The van der Waals surface area contributed by atoms with E-state index >= 15 is 0 Å². The number of H-pyrrole nitrogens is 1. The third-order valence-corrected chi connectivity index (χ3v) is 3.69. The molecule has 3 aromatic rings. The van der Waals surface area contributed by atoms with Crippen molar-refractivity contribution in [1.82, 2.24) is 10.3 Å². The molecule has 0 unspecified atom stereocenters. The van der Waals surface area contributed by atoms with E-state index in [4.69, 9.17) is 16.9 Å². The Morgan fingerprint density at radius 2 is 1.90 bits per heavy atom. The number of aromatic amines is 1. The smallest absolute Gasteiger partial charge is 0.0991 e. The van der Waals surface area contributed by atoms with E-state index in [1.807, 2.05) is 48.7 Å². The summed E-state index contributed by atoms with van der Waals surface area (Å²) in [6, 6.07) is 15.6. The van der Waals surface area contributed by atoms with Crippen LogP contribution in [0.4, 0.5) is 0 Å². The normalized spacial score (nSPS) is 10.7. The van der Waals surface area contributed by atoms with Crippen LogP contribution in [0.15, 0.2) is 48.7 Å². The SMILES string of the molecule is N#Cc1ccc(CNCc2c[nH]c3cc(Cl)ccc23)cc1. The number of rotatable bonds is 4. The van der Waals surface area contributed by atoms with Crippen LogP contribution >= 0.6 is 11.6 Å². The van der Waals surface area contributed by atoms with Crippen LogP contribution in [-0.2, 0) is 13.1 Å². The van der Waals surface area contributed by atoms with E-state index in [9.17, 15) is 0 Å². The Labute approximate surface area is 128 Å². The molecular weight excluding hydrogens is 282 g/mol. The van der Waals surface area contributed by atoms with E-state index in [0.717, 1.165) is 29.2 Å². The summed E-state index contributed by atoms with van der Waals surface area (Å²) >= 11 is 5.98. The number of nitrogens with one attached hydrogen (secondary N) is 2. The van der Waals surface area contributed by atoms with Crippen molar-refractivity contribution < 1.29 is 0 Å². The molecule has 0 radical (unpaired) electrons. The molecule has 0 aliphatic heterocycles. The Kier molecular flexibility index (Phi) is 3.92. The largest absolute Gasteiger partial charge is 0.361 e. The number of fused-ring (bicyclic) bond motifs is 1. The second kappa shape index (κ2) is 6.01. The van der Waals surface area contributed by atoms with Crippen LogP contribution in [0.3, 0.4) is 0 Å². The number of aromatic nitrogens is 1. The molecule has 2 N–H and O–H groups in total. The number of benzene rings is 2. The molecule has 2 aromatic carbocycles. The summed E-state index contributed by atoms with van der Waals surface area (Å²) in [5.74, 6) is 0. The summed E-state index contributed by atoms with van der Waals surface area (Å²) in [5, 5.41) is 14.1. The first-order valence-electron chi connectivity index (χ1n) is 6.71. The van der Waals surface area contributed by atoms with Crippen molar-refractivity contribution in [3.63, 3.8) is 0 Å². The van der Waals surface area contributed by atoms with Crippen molar-refractivity contribution in [3.8, 4) is 6.07 Å². The molecule has 0 spiro atoms. The van der Waals surface area contributed by atoms with Gasteiger partial charge in [-0.1, -0.05) is 29.8 Å². The maximum absolute atomic E-state index is 8.77. The van der Waals surface area contributed by atoms with Crippen LogP contribution in [0.1, 0.15) is 16.7 Å². The molecular formula is C17H14ClN3. The maximum atomic E-state index is 8.77. The Hall–Kier alpha value is -2.28. The molecule has 21 heavy (non-hydrogen) atoms. The predicted octanol–water partition coefficient (Wildman–Crippen LogP) is 3.98. The number of nitrogens with zero attached hydrogens (tertiary/aromatic N) is 1. The standard InChI is InChI=1S/C17H14ClN3/c18-15-5-6-16-14(11-21-17(16)7-15)10-20-9-13-3-1-12(8-19)2-4-13/h1-7,11,20-21H,9-10H2. The van der Waals surface area contributed by atoms with Crippen LogP contribution in [0.2, 0.25) is 5.02 Å². The molecule has 0 saturated heterocycles. The molecule has 1 heterocycles. The molecule has 0 atom stereocenters. The van der Waals surface area contributed by atoms with Gasteiger partial charge in [-0.2, -0.15) is 5.26 Å². The van der Waals surface area contributed by atoms with Crippen molar-refractivity contribution in [2.75, 3.05) is 0 Å². The first-order chi connectivity index (χ1) is 10.3. The lowest BCUT2D eigenvalue weighted by molar-refractivity contribution is 0.696. The zero-order chi connectivity index (χ0) is 14.7. The van der Waals surface area contributed by atoms with Crippen molar-refractivity contribution in [2.45, 2.75) is 13.1 Å². The quantitative estimate of drug-likeness (QED) is 0.765. The monoisotopic (exact) mass is 295 g/mol. The highest BCUT2D eigenvalue weighted by Crippen LogP contribution is 2.21. The van der Waals surface area contributed by atoms with Gasteiger partial charge in [0.05, 0.1) is 11.6 Å². The fourth-order valence-corrected chi connectivity index (χ4v) is 2.52. The Balaban J connectivity index is 1.65. The highest BCUT2D eigenvalue weighted by molar-refractivity contribution is 6.31. The Bertz CT molecular complexity index is 797. The van der Waals surface area contributed by atoms with E-state index in [2.05, 4.69) is 16.4 Å². The van der Waals surface area contributed by atoms with Gasteiger partial charge in [0.15, 0.2) is 0 Å². The molecule has 0 bridgehead atoms. The van der Waals surface area contributed by atoms with Crippen LogP contribution in [0, 0.1) is 11.3 Å². The van der Waals surface area contributed by atoms with Crippen LogP contribution in [0.5, 0.6) is 0 Å². The van der Waals surface area contributed by atoms with Crippen LogP contribution < -0.4 is 5.32 Å². The first kappa shape index (κ1) is 13.7. The minimum absolute atomic E-state index is 0.687. The minimum Gasteiger partial charge on any atom is -0.361 e. The summed E-state index contributed by atoms with van der Waals surface area (Å²) < 4.78 is 0. The van der Waals surface area contributed by atoms with Gasteiger partial charge in [0, 0.05) is 35.2 Å². The summed E-state index contributed by atoms with van der Waals surface area (Å²) in [4.78, 5) is 3.23. The van der Waals surface area contributed by atoms with E-state index in [0.29, 0.717) is 5.56 Å². The lowest BCUT2D eigenvalue weighted by Crippen LogP contribution is -2.12. The number of nitriles is 1. The molecule has 1 aromatic heterocycles. The number of hydrogen-bond acceptors (Lipinski definition) is 2. The minimum atomic E-state index is 0.687. The van der Waals surface area contributed by atoms with Crippen molar-refractivity contribution in [1.29, 1.82) is 5.26 Å².